The lowest BCUT2D eigenvalue weighted by atomic mass is 9.73. The molecule has 1 saturated heterocycles. The van der Waals surface area contributed by atoms with Gasteiger partial charge < -0.3 is 15.2 Å². The van der Waals surface area contributed by atoms with E-state index in [1.54, 1.807) is 18.2 Å². The molecule has 3 N–H and O–H groups in total. The summed E-state index contributed by atoms with van der Waals surface area (Å²) in [5.41, 5.74) is 6.03. The number of rotatable bonds is 4. The predicted molar refractivity (Wildman–Crippen MR) is 72.9 cm³/mol. The molecule has 2 fully saturated rings. The summed E-state index contributed by atoms with van der Waals surface area (Å²) >= 11 is 0. The van der Waals surface area contributed by atoms with Crippen LogP contribution in [-0.2, 0) is 14.8 Å². The minimum atomic E-state index is -3.67. The van der Waals surface area contributed by atoms with Crippen molar-refractivity contribution in [2.75, 3.05) is 13.7 Å². The van der Waals surface area contributed by atoms with Gasteiger partial charge in [0.15, 0.2) is 0 Å². The first kappa shape index (κ1) is 13.8. The van der Waals surface area contributed by atoms with Crippen molar-refractivity contribution in [3.63, 3.8) is 0 Å². The summed E-state index contributed by atoms with van der Waals surface area (Å²) in [7, 11) is -2.23. The lowest BCUT2D eigenvalue weighted by molar-refractivity contribution is -0.00925. The fourth-order valence-electron chi connectivity index (χ4n) is 2.98. The van der Waals surface area contributed by atoms with Crippen LogP contribution in [0.1, 0.15) is 6.42 Å². The van der Waals surface area contributed by atoms with Gasteiger partial charge in [-0.2, -0.15) is 0 Å². The van der Waals surface area contributed by atoms with E-state index in [1.807, 2.05) is 0 Å². The van der Waals surface area contributed by atoms with Crippen LogP contribution in [0.3, 0.4) is 0 Å². The first-order valence-corrected chi connectivity index (χ1v) is 8.05. The lowest BCUT2D eigenvalue weighted by Crippen LogP contribution is -2.68. The molecular weight excluding hydrogens is 280 g/mol. The van der Waals surface area contributed by atoms with Crippen molar-refractivity contribution in [1.82, 2.24) is 4.72 Å². The minimum absolute atomic E-state index is 0.102. The number of hydrogen-bond donors (Lipinski definition) is 2. The Bertz CT molecular complexity index is 604. The highest BCUT2D eigenvalue weighted by molar-refractivity contribution is 7.89. The molecule has 0 spiro atoms. The van der Waals surface area contributed by atoms with E-state index in [-0.39, 0.29) is 29.0 Å². The molecule has 20 heavy (non-hydrogen) atoms. The zero-order valence-corrected chi connectivity index (χ0v) is 12.0. The second kappa shape index (κ2) is 5.00. The number of fused-ring (bicyclic) bond motifs is 1. The van der Waals surface area contributed by atoms with Crippen molar-refractivity contribution in [2.45, 2.75) is 29.5 Å². The van der Waals surface area contributed by atoms with Crippen molar-refractivity contribution in [3.8, 4) is 5.75 Å². The Kier molecular flexibility index (Phi) is 3.45. The van der Waals surface area contributed by atoms with Crippen molar-refractivity contribution in [2.24, 2.45) is 11.7 Å². The Hall–Kier alpha value is -1.15. The highest BCUT2D eigenvalue weighted by Gasteiger charge is 2.53. The van der Waals surface area contributed by atoms with E-state index in [1.165, 1.54) is 13.2 Å². The first-order valence-electron chi connectivity index (χ1n) is 6.57. The number of para-hydroxylation sites is 1. The number of benzene rings is 1. The van der Waals surface area contributed by atoms with Crippen LogP contribution in [-0.4, -0.2) is 40.3 Å². The predicted octanol–water partition coefficient (Wildman–Crippen LogP) is 0.0881. The van der Waals surface area contributed by atoms with Gasteiger partial charge in [-0.3, -0.25) is 0 Å². The number of methoxy groups -OCH3 is 1. The molecule has 6 nitrogen and oxygen atoms in total. The Morgan fingerprint density at radius 3 is 2.90 bits per heavy atom. The molecule has 110 valence electrons. The van der Waals surface area contributed by atoms with Gasteiger partial charge >= 0.3 is 0 Å². The van der Waals surface area contributed by atoms with Gasteiger partial charge in [-0.05, 0) is 18.6 Å². The zero-order valence-electron chi connectivity index (χ0n) is 11.2. The SMILES string of the molecule is COc1ccccc1S(=O)(=O)NC1C(N)C2CCOC21. The molecule has 3 rings (SSSR count). The Morgan fingerprint density at radius 1 is 1.40 bits per heavy atom. The molecule has 0 bridgehead atoms. The van der Waals surface area contributed by atoms with Crippen LogP contribution in [0.5, 0.6) is 5.75 Å². The Labute approximate surface area is 118 Å². The number of nitrogens with two attached hydrogens (primary N) is 1. The van der Waals surface area contributed by atoms with Crippen molar-refractivity contribution in [3.05, 3.63) is 24.3 Å². The van der Waals surface area contributed by atoms with Gasteiger partial charge in [-0.15, -0.1) is 0 Å². The third-order valence-corrected chi connectivity index (χ3v) is 5.60. The van der Waals surface area contributed by atoms with Crippen LogP contribution in [0.25, 0.3) is 0 Å². The summed E-state index contributed by atoms with van der Waals surface area (Å²) in [5.74, 6) is 0.581. The monoisotopic (exact) mass is 298 g/mol. The molecule has 2 aliphatic rings. The maximum Gasteiger partial charge on any atom is 0.244 e. The summed E-state index contributed by atoms with van der Waals surface area (Å²) in [5, 5.41) is 0. The summed E-state index contributed by atoms with van der Waals surface area (Å²) in [6.45, 7) is 0.649. The van der Waals surface area contributed by atoms with E-state index in [4.69, 9.17) is 15.2 Å². The normalized spacial score (nSPS) is 32.5. The van der Waals surface area contributed by atoms with Crippen LogP contribution in [0, 0.1) is 5.92 Å². The molecular formula is C13H18N2O4S. The molecule has 4 atom stereocenters. The lowest BCUT2D eigenvalue weighted by Gasteiger charge is -2.45. The van der Waals surface area contributed by atoms with Gasteiger partial charge in [0.05, 0.1) is 19.3 Å². The van der Waals surface area contributed by atoms with Gasteiger partial charge in [0.1, 0.15) is 10.6 Å². The average Bonchev–Trinajstić information content (AvgIpc) is 2.90. The average molecular weight is 298 g/mol. The molecule has 1 aliphatic carbocycles. The number of sulfonamides is 1. The first-order chi connectivity index (χ1) is 9.54. The van der Waals surface area contributed by atoms with Crippen LogP contribution < -0.4 is 15.2 Å². The van der Waals surface area contributed by atoms with Crippen LogP contribution >= 0.6 is 0 Å². The number of nitrogens with one attached hydrogen (secondary N) is 1. The summed E-state index contributed by atoms with van der Waals surface area (Å²) in [4.78, 5) is 0.121. The number of hydrogen-bond acceptors (Lipinski definition) is 5. The van der Waals surface area contributed by atoms with E-state index < -0.39 is 10.0 Å². The third-order valence-electron chi connectivity index (χ3n) is 4.10. The van der Waals surface area contributed by atoms with Gasteiger partial charge in [0, 0.05) is 18.6 Å². The molecule has 1 saturated carbocycles. The summed E-state index contributed by atoms with van der Waals surface area (Å²) in [6.07, 6.45) is 0.799. The molecule has 0 amide bonds. The Balaban J connectivity index is 1.83. The van der Waals surface area contributed by atoms with Crippen LogP contribution in [0.2, 0.25) is 0 Å². The van der Waals surface area contributed by atoms with Gasteiger partial charge in [-0.25, -0.2) is 13.1 Å². The summed E-state index contributed by atoms with van der Waals surface area (Å²) in [6, 6.07) is 5.96. The second-order valence-electron chi connectivity index (χ2n) is 5.16. The zero-order chi connectivity index (χ0) is 14.3. The van der Waals surface area contributed by atoms with Crippen molar-refractivity contribution >= 4 is 10.0 Å². The van der Waals surface area contributed by atoms with E-state index in [0.29, 0.717) is 12.4 Å². The molecule has 1 aromatic rings. The fraction of sp³-hybridized carbons (Fsp3) is 0.538. The van der Waals surface area contributed by atoms with E-state index in [9.17, 15) is 8.42 Å². The fourth-order valence-corrected chi connectivity index (χ4v) is 4.43. The smallest absolute Gasteiger partial charge is 0.244 e. The standard InChI is InChI=1S/C13H18N2O4S/c1-18-9-4-2-3-5-10(9)20(16,17)15-12-11(14)8-6-7-19-13(8)12/h2-5,8,11-13,15H,6-7,14H2,1H3. The summed E-state index contributed by atoms with van der Waals surface area (Å²) < 4.78 is 38.2. The molecule has 0 aromatic heterocycles. The third kappa shape index (κ3) is 2.10. The van der Waals surface area contributed by atoms with Gasteiger partial charge in [-0.1, -0.05) is 12.1 Å². The molecule has 4 unspecified atom stereocenters. The quantitative estimate of drug-likeness (QED) is 0.822. The minimum Gasteiger partial charge on any atom is -0.495 e. The van der Waals surface area contributed by atoms with Crippen molar-refractivity contribution < 1.29 is 17.9 Å². The van der Waals surface area contributed by atoms with E-state index in [0.717, 1.165) is 6.42 Å². The van der Waals surface area contributed by atoms with Crippen LogP contribution in [0.15, 0.2) is 29.2 Å². The second-order valence-corrected chi connectivity index (χ2v) is 6.85. The molecule has 1 aromatic carbocycles. The molecule has 7 heteroatoms. The molecule has 0 radical (unpaired) electrons. The number of ether oxygens (including phenoxy) is 2. The van der Waals surface area contributed by atoms with Gasteiger partial charge in [0.25, 0.3) is 0 Å². The van der Waals surface area contributed by atoms with Crippen LogP contribution in [0.4, 0.5) is 0 Å². The Morgan fingerprint density at radius 2 is 2.15 bits per heavy atom. The largest absolute Gasteiger partial charge is 0.495 e. The topological polar surface area (TPSA) is 90.7 Å². The maximum absolute atomic E-state index is 12.4. The molecule has 1 aliphatic heterocycles. The maximum atomic E-state index is 12.4. The van der Waals surface area contributed by atoms with E-state index in [2.05, 4.69) is 4.72 Å². The van der Waals surface area contributed by atoms with E-state index >= 15 is 0 Å². The van der Waals surface area contributed by atoms with Gasteiger partial charge in [0.2, 0.25) is 10.0 Å². The highest BCUT2D eigenvalue weighted by atomic mass is 32.2. The molecule has 1 heterocycles. The van der Waals surface area contributed by atoms with Crippen molar-refractivity contribution in [1.29, 1.82) is 0 Å². The highest BCUT2D eigenvalue weighted by Crippen LogP contribution is 2.38.